The van der Waals surface area contributed by atoms with E-state index in [0.29, 0.717) is 18.9 Å². The van der Waals surface area contributed by atoms with Gasteiger partial charge >= 0.3 is 0 Å². The third-order valence-corrected chi connectivity index (χ3v) is 7.02. The predicted octanol–water partition coefficient (Wildman–Crippen LogP) is 4.00. The van der Waals surface area contributed by atoms with Gasteiger partial charge in [0, 0.05) is 42.0 Å². The maximum absolute atomic E-state index is 13.0. The summed E-state index contributed by atoms with van der Waals surface area (Å²) < 4.78 is 12.5. The number of thioether (sulfide) groups is 1. The van der Waals surface area contributed by atoms with E-state index in [1.54, 1.807) is 13.2 Å². The Labute approximate surface area is 218 Å². The Bertz CT molecular complexity index is 1330. The van der Waals surface area contributed by atoms with Crippen molar-refractivity contribution in [1.29, 1.82) is 0 Å². The molecule has 0 bridgehead atoms. The van der Waals surface area contributed by atoms with Crippen molar-refractivity contribution in [1.82, 2.24) is 9.47 Å². The molecule has 0 radical (unpaired) electrons. The van der Waals surface area contributed by atoms with E-state index in [-0.39, 0.29) is 11.4 Å². The first-order chi connectivity index (χ1) is 18.0. The van der Waals surface area contributed by atoms with Crippen molar-refractivity contribution in [2.24, 2.45) is 0 Å². The van der Waals surface area contributed by atoms with Gasteiger partial charge in [-0.15, -0.1) is 0 Å². The minimum absolute atomic E-state index is 0.265. The zero-order valence-electron chi connectivity index (χ0n) is 20.3. The second-order valence-corrected chi connectivity index (χ2v) is 9.46. The number of rotatable bonds is 7. The molecule has 3 amide bonds. The molecule has 5 rings (SSSR count). The van der Waals surface area contributed by atoms with E-state index >= 15 is 0 Å². The monoisotopic (exact) mass is 518 g/mol. The summed E-state index contributed by atoms with van der Waals surface area (Å²) in [6.07, 6.45) is 3.53. The molecular weight excluding hydrogens is 492 g/mol. The Hall–Kier alpha value is -4.02. The van der Waals surface area contributed by atoms with Crippen molar-refractivity contribution in [3.8, 4) is 11.4 Å². The zero-order valence-corrected chi connectivity index (χ0v) is 21.1. The topological polar surface area (TPSA) is 93.1 Å². The standard InChI is InChI=1S/C27H26N4O5S/c1-35-23-10-8-21(9-11-23)30-12-2-3-22(30)17-24-26(33)31(27(34)37-24)18-25(32)28-19-4-6-20(7-5-19)29-13-15-36-16-14-29/h2-12,17H,13-16,18H2,1H3,(H,28,32)/b24-17-. The quantitative estimate of drug-likeness (QED) is 0.473. The summed E-state index contributed by atoms with van der Waals surface area (Å²) >= 11 is 0.826. The van der Waals surface area contributed by atoms with Crippen LogP contribution < -0.4 is 15.0 Å². The molecule has 2 aliphatic heterocycles. The van der Waals surface area contributed by atoms with E-state index in [1.807, 2.05) is 71.4 Å². The minimum atomic E-state index is -0.490. The fourth-order valence-corrected chi connectivity index (χ4v) is 5.00. The van der Waals surface area contributed by atoms with Crippen LogP contribution in [0.3, 0.4) is 0 Å². The van der Waals surface area contributed by atoms with Gasteiger partial charge in [0.15, 0.2) is 0 Å². The Morgan fingerprint density at radius 1 is 1.03 bits per heavy atom. The van der Waals surface area contributed by atoms with Crippen LogP contribution >= 0.6 is 11.8 Å². The minimum Gasteiger partial charge on any atom is -0.497 e. The van der Waals surface area contributed by atoms with Gasteiger partial charge in [-0.3, -0.25) is 19.3 Å². The zero-order chi connectivity index (χ0) is 25.8. The van der Waals surface area contributed by atoms with Crippen LogP contribution in [0.1, 0.15) is 5.69 Å². The second kappa shape index (κ2) is 10.9. The van der Waals surface area contributed by atoms with Gasteiger partial charge < -0.3 is 24.3 Å². The van der Waals surface area contributed by atoms with Crippen LogP contribution in [-0.2, 0) is 14.3 Å². The van der Waals surface area contributed by atoms with E-state index in [1.165, 1.54) is 0 Å². The summed E-state index contributed by atoms with van der Waals surface area (Å²) in [5.41, 5.74) is 3.27. The smallest absolute Gasteiger partial charge is 0.294 e. The molecule has 0 atom stereocenters. The van der Waals surface area contributed by atoms with Gasteiger partial charge in [0.1, 0.15) is 12.3 Å². The lowest BCUT2D eigenvalue weighted by Gasteiger charge is -2.28. The van der Waals surface area contributed by atoms with Gasteiger partial charge in [0.25, 0.3) is 11.1 Å². The number of imide groups is 1. The summed E-state index contributed by atoms with van der Waals surface area (Å²) in [6, 6.07) is 18.7. The van der Waals surface area contributed by atoms with Crippen LogP contribution in [0.5, 0.6) is 5.75 Å². The van der Waals surface area contributed by atoms with Gasteiger partial charge in [-0.1, -0.05) is 0 Å². The van der Waals surface area contributed by atoms with Crippen LogP contribution in [0.4, 0.5) is 16.2 Å². The predicted molar refractivity (Wildman–Crippen MR) is 143 cm³/mol. The largest absolute Gasteiger partial charge is 0.497 e. The molecule has 0 aliphatic carbocycles. The average molecular weight is 519 g/mol. The number of ether oxygens (including phenoxy) is 2. The summed E-state index contributed by atoms with van der Waals surface area (Å²) in [5, 5.41) is 2.29. The number of amides is 3. The Morgan fingerprint density at radius 3 is 2.43 bits per heavy atom. The van der Waals surface area contributed by atoms with Crippen LogP contribution in [0.15, 0.2) is 71.8 Å². The lowest BCUT2D eigenvalue weighted by atomic mass is 10.2. The molecule has 190 valence electrons. The summed E-state index contributed by atoms with van der Waals surface area (Å²) in [7, 11) is 1.61. The van der Waals surface area contributed by atoms with Crippen molar-refractivity contribution in [2.75, 3.05) is 50.2 Å². The first-order valence-corrected chi connectivity index (χ1v) is 12.6. The average Bonchev–Trinajstić information content (AvgIpc) is 3.49. The molecule has 2 aliphatic rings. The van der Waals surface area contributed by atoms with E-state index in [0.717, 1.165) is 52.6 Å². The number of carbonyl (C=O) groups excluding carboxylic acids is 3. The highest BCUT2D eigenvalue weighted by Crippen LogP contribution is 2.33. The molecule has 9 nitrogen and oxygen atoms in total. The molecule has 3 aromatic rings. The highest BCUT2D eigenvalue weighted by Gasteiger charge is 2.36. The maximum atomic E-state index is 13.0. The lowest BCUT2D eigenvalue weighted by molar-refractivity contribution is -0.127. The molecule has 1 N–H and O–H groups in total. The third kappa shape index (κ3) is 5.55. The number of carbonyl (C=O) groups is 3. The number of morpholine rings is 1. The number of benzene rings is 2. The van der Waals surface area contributed by atoms with Gasteiger partial charge in [-0.2, -0.15) is 0 Å². The van der Waals surface area contributed by atoms with E-state index in [2.05, 4.69) is 10.2 Å². The maximum Gasteiger partial charge on any atom is 0.294 e. The van der Waals surface area contributed by atoms with Crippen LogP contribution in [0, 0.1) is 0 Å². The highest BCUT2D eigenvalue weighted by molar-refractivity contribution is 8.18. The van der Waals surface area contributed by atoms with Crippen molar-refractivity contribution < 1.29 is 23.9 Å². The molecule has 0 saturated carbocycles. The van der Waals surface area contributed by atoms with Crippen molar-refractivity contribution in [3.05, 3.63) is 77.5 Å². The van der Waals surface area contributed by atoms with E-state index < -0.39 is 17.1 Å². The molecule has 2 aromatic carbocycles. The molecule has 37 heavy (non-hydrogen) atoms. The van der Waals surface area contributed by atoms with E-state index in [4.69, 9.17) is 9.47 Å². The van der Waals surface area contributed by atoms with Crippen molar-refractivity contribution >= 4 is 46.3 Å². The Kier molecular flexibility index (Phi) is 7.29. The number of methoxy groups -OCH3 is 1. The molecular formula is C27H26N4O5S. The van der Waals surface area contributed by atoms with E-state index in [9.17, 15) is 14.4 Å². The molecule has 2 fully saturated rings. The number of hydrogen-bond donors (Lipinski definition) is 1. The van der Waals surface area contributed by atoms with Crippen LogP contribution in [0.2, 0.25) is 0 Å². The normalized spacial score (nSPS) is 16.9. The van der Waals surface area contributed by atoms with Crippen molar-refractivity contribution in [3.63, 3.8) is 0 Å². The van der Waals surface area contributed by atoms with Gasteiger partial charge in [-0.05, 0) is 78.5 Å². The van der Waals surface area contributed by atoms with Gasteiger partial charge in [-0.25, -0.2) is 0 Å². The molecule has 3 heterocycles. The second-order valence-electron chi connectivity index (χ2n) is 8.46. The van der Waals surface area contributed by atoms with Crippen molar-refractivity contribution in [2.45, 2.75) is 0 Å². The van der Waals surface area contributed by atoms with Crippen LogP contribution in [0.25, 0.3) is 11.8 Å². The fourth-order valence-electron chi connectivity index (χ4n) is 4.18. The number of nitrogens with one attached hydrogen (secondary N) is 1. The lowest BCUT2D eigenvalue weighted by Crippen LogP contribution is -2.36. The molecule has 10 heteroatoms. The first-order valence-electron chi connectivity index (χ1n) is 11.8. The molecule has 2 saturated heterocycles. The molecule has 1 aromatic heterocycles. The fraction of sp³-hybridized carbons (Fsp3) is 0.222. The summed E-state index contributed by atoms with van der Waals surface area (Å²) in [4.78, 5) is 41.6. The summed E-state index contributed by atoms with van der Waals surface area (Å²) in [6.45, 7) is 2.68. The third-order valence-electron chi connectivity index (χ3n) is 6.11. The molecule has 0 spiro atoms. The number of nitrogens with zero attached hydrogens (tertiary/aromatic N) is 3. The number of aromatic nitrogens is 1. The van der Waals surface area contributed by atoms with Crippen LogP contribution in [-0.4, -0.2) is 66.5 Å². The highest BCUT2D eigenvalue weighted by atomic mass is 32.2. The SMILES string of the molecule is COc1ccc(-n2cccc2/C=C2\SC(=O)N(CC(=O)Nc3ccc(N4CCOCC4)cc3)C2=O)cc1. The number of hydrogen-bond acceptors (Lipinski definition) is 7. The Balaban J connectivity index is 1.23. The number of anilines is 2. The Morgan fingerprint density at radius 2 is 1.73 bits per heavy atom. The van der Waals surface area contributed by atoms with Gasteiger partial charge in [0.05, 0.1) is 25.2 Å². The first kappa shape index (κ1) is 24.7. The molecule has 0 unspecified atom stereocenters. The van der Waals surface area contributed by atoms with Gasteiger partial charge in [0.2, 0.25) is 5.91 Å². The summed E-state index contributed by atoms with van der Waals surface area (Å²) in [5.74, 6) is -0.190.